The molecule has 0 radical (unpaired) electrons. The predicted octanol–water partition coefficient (Wildman–Crippen LogP) is 3.79. The fourth-order valence-electron chi connectivity index (χ4n) is 3.39. The molecular weight excluding hydrogens is 433 g/mol. The molecule has 176 valence electrons. The van der Waals surface area contributed by atoms with Gasteiger partial charge in [0.1, 0.15) is 17.3 Å². The van der Waals surface area contributed by atoms with Crippen LogP contribution in [0.5, 0.6) is 5.75 Å². The second-order valence-electron chi connectivity index (χ2n) is 8.21. The number of ether oxygens (including phenoxy) is 1. The van der Waals surface area contributed by atoms with E-state index in [1.807, 2.05) is 27.2 Å². The third-order valence-electron chi connectivity index (χ3n) is 5.27. The van der Waals surface area contributed by atoms with Crippen LogP contribution in [-0.2, 0) is 13.2 Å². The van der Waals surface area contributed by atoms with E-state index in [0.29, 0.717) is 17.5 Å². The first-order valence-electron chi connectivity index (χ1n) is 10.5. The molecule has 0 unspecified atom stereocenters. The Morgan fingerprint density at radius 2 is 1.88 bits per heavy atom. The number of benzene rings is 1. The molecule has 0 saturated carbocycles. The number of nitrogens with zero attached hydrogens (tertiary/aromatic N) is 6. The van der Waals surface area contributed by atoms with E-state index in [0.717, 1.165) is 25.7 Å². The van der Waals surface area contributed by atoms with Crippen LogP contribution in [0.3, 0.4) is 0 Å². The smallest absolute Gasteiger partial charge is 0.419 e. The maximum atomic E-state index is 13.8. The van der Waals surface area contributed by atoms with E-state index in [1.54, 1.807) is 17.7 Å². The lowest BCUT2D eigenvalue weighted by Gasteiger charge is -2.20. The fourth-order valence-corrected chi connectivity index (χ4v) is 3.39. The van der Waals surface area contributed by atoms with Crippen LogP contribution in [0.1, 0.15) is 17.7 Å². The van der Waals surface area contributed by atoms with Gasteiger partial charge in [0.25, 0.3) is 0 Å². The highest BCUT2D eigenvalue weighted by Crippen LogP contribution is 2.39. The number of hydrogen-bond acceptors (Lipinski definition) is 6. The third-order valence-corrected chi connectivity index (χ3v) is 5.27. The number of aromatic nitrogens is 3. The van der Waals surface area contributed by atoms with Gasteiger partial charge in [0.05, 0.1) is 29.7 Å². The van der Waals surface area contributed by atoms with Crippen LogP contribution in [0.4, 0.5) is 13.2 Å². The van der Waals surface area contributed by atoms with Crippen molar-refractivity contribution in [2.24, 2.45) is 7.05 Å². The monoisotopic (exact) mass is 460 g/mol. The van der Waals surface area contributed by atoms with Crippen molar-refractivity contribution < 1.29 is 17.9 Å². The molecule has 0 N–H and O–H groups in total. The highest BCUT2D eigenvalue weighted by molar-refractivity contribution is 5.84. The van der Waals surface area contributed by atoms with Crippen LogP contribution >= 0.6 is 0 Å². The van der Waals surface area contributed by atoms with Gasteiger partial charge in [-0.25, -0.2) is 9.97 Å². The quantitative estimate of drug-likeness (QED) is 0.453. The van der Waals surface area contributed by atoms with Crippen LogP contribution in [0.25, 0.3) is 22.3 Å². The Morgan fingerprint density at radius 1 is 1.12 bits per heavy atom. The van der Waals surface area contributed by atoms with Gasteiger partial charge in [-0.2, -0.15) is 18.4 Å². The predicted molar refractivity (Wildman–Crippen MR) is 120 cm³/mol. The molecule has 0 bridgehead atoms. The topological polar surface area (TPSA) is 70.2 Å². The standard InChI is InChI=1S/C23H27F3N6O/c1-30(2)9-10-31(3)8-5-11-33-21-7-6-16(12-17(21)23(24,25)26)18-13-20-22(19(14-27)29-18)28-15-32(20)4/h6-7,12-13,15H,5,8-11H2,1-4H3. The number of imidazole rings is 1. The minimum atomic E-state index is -4.59. The van der Waals surface area contributed by atoms with Gasteiger partial charge in [0, 0.05) is 32.2 Å². The van der Waals surface area contributed by atoms with E-state index < -0.39 is 11.7 Å². The molecular formula is C23H27F3N6O. The Kier molecular flexibility index (Phi) is 7.56. The first kappa shape index (κ1) is 24.5. The highest BCUT2D eigenvalue weighted by Gasteiger charge is 2.35. The summed E-state index contributed by atoms with van der Waals surface area (Å²) in [6, 6.07) is 7.46. The Labute approximate surface area is 191 Å². The maximum absolute atomic E-state index is 13.8. The Morgan fingerprint density at radius 3 is 2.55 bits per heavy atom. The lowest BCUT2D eigenvalue weighted by Crippen LogP contribution is -2.30. The van der Waals surface area contributed by atoms with Crippen molar-refractivity contribution in [2.75, 3.05) is 47.4 Å². The number of fused-ring (bicyclic) bond motifs is 1. The van der Waals surface area contributed by atoms with Crippen molar-refractivity contribution in [2.45, 2.75) is 12.6 Å². The maximum Gasteiger partial charge on any atom is 0.419 e. The fraction of sp³-hybridized carbons (Fsp3) is 0.435. The molecule has 1 aromatic carbocycles. The van der Waals surface area contributed by atoms with Gasteiger partial charge >= 0.3 is 6.18 Å². The van der Waals surface area contributed by atoms with E-state index >= 15 is 0 Å². The van der Waals surface area contributed by atoms with Crippen molar-refractivity contribution in [3.05, 3.63) is 41.9 Å². The number of rotatable bonds is 9. The van der Waals surface area contributed by atoms with E-state index in [-0.39, 0.29) is 29.3 Å². The zero-order valence-electron chi connectivity index (χ0n) is 19.1. The van der Waals surface area contributed by atoms with E-state index in [1.165, 1.54) is 18.5 Å². The molecule has 2 heterocycles. The van der Waals surface area contributed by atoms with Crippen molar-refractivity contribution >= 4 is 11.0 Å². The second-order valence-corrected chi connectivity index (χ2v) is 8.21. The van der Waals surface area contributed by atoms with Gasteiger partial charge in [0.2, 0.25) is 0 Å². The third kappa shape index (κ3) is 6.00. The van der Waals surface area contributed by atoms with Gasteiger partial charge in [-0.15, -0.1) is 0 Å². The van der Waals surface area contributed by atoms with Crippen LogP contribution < -0.4 is 4.74 Å². The molecule has 33 heavy (non-hydrogen) atoms. The molecule has 3 rings (SSSR count). The van der Waals surface area contributed by atoms with Crippen molar-refractivity contribution in [3.63, 3.8) is 0 Å². The Balaban J connectivity index is 1.80. The minimum Gasteiger partial charge on any atom is -0.493 e. The summed E-state index contributed by atoms with van der Waals surface area (Å²) in [6.07, 6.45) is -2.46. The molecule has 10 heteroatoms. The average molecular weight is 461 g/mol. The van der Waals surface area contributed by atoms with Crippen LogP contribution in [0.15, 0.2) is 30.6 Å². The molecule has 0 amide bonds. The SMILES string of the molecule is CN(C)CCN(C)CCCOc1ccc(-c2cc3c(ncn3C)c(C#N)n2)cc1C(F)(F)F. The second kappa shape index (κ2) is 10.2. The Hall–Kier alpha value is -3.16. The first-order valence-corrected chi connectivity index (χ1v) is 10.5. The molecule has 0 spiro atoms. The molecule has 2 aromatic heterocycles. The van der Waals surface area contributed by atoms with Gasteiger partial charge in [-0.3, -0.25) is 0 Å². The zero-order chi connectivity index (χ0) is 24.2. The summed E-state index contributed by atoms with van der Waals surface area (Å²) >= 11 is 0. The number of hydrogen-bond donors (Lipinski definition) is 0. The summed E-state index contributed by atoms with van der Waals surface area (Å²) in [5.41, 5.74) is 0.737. The average Bonchev–Trinajstić information content (AvgIpc) is 3.14. The van der Waals surface area contributed by atoms with Gasteiger partial charge in [-0.05, 0) is 51.8 Å². The molecule has 7 nitrogen and oxygen atoms in total. The summed E-state index contributed by atoms with van der Waals surface area (Å²) < 4.78 is 48.6. The van der Waals surface area contributed by atoms with E-state index in [2.05, 4.69) is 19.8 Å². The lowest BCUT2D eigenvalue weighted by atomic mass is 10.1. The number of likely N-dealkylation sites (N-methyl/N-ethyl adjacent to an activating group) is 2. The molecule has 0 fully saturated rings. The normalized spacial score (nSPS) is 12.0. The number of aryl methyl sites for hydroxylation is 1. The summed E-state index contributed by atoms with van der Waals surface area (Å²) in [5, 5.41) is 9.40. The van der Waals surface area contributed by atoms with Gasteiger partial charge in [0.15, 0.2) is 5.69 Å². The molecule has 0 atom stereocenters. The highest BCUT2D eigenvalue weighted by atomic mass is 19.4. The summed E-state index contributed by atoms with van der Waals surface area (Å²) in [6.45, 7) is 2.67. The molecule has 3 aromatic rings. The van der Waals surface area contributed by atoms with Crippen LogP contribution in [-0.4, -0.2) is 71.7 Å². The van der Waals surface area contributed by atoms with Crippen molar-refractivity contribution in [1.29, 1.82) is 5.26 Å². The molecule has 0 aliphatic carbocycles. The van der Waals surface area contributed by atoms with Gasteiger partial charge in [-0.1, -0.05) is 0 Å². The minimum absolute atomic E-state index is 0.0652. The molecule has 0 aliphatic heterocycles. The summed E-state index contributed by atoms with van der Waals surface area (Å²) in [5.74, 6) is -0.218. The largest absolute Gasteiger partial charge is 0.493 e. The lowest BCUT2D eigenvalue weighted by molar-refractivity contribution is -0.138. The van der Waals surface area contributed by atoms with E-state index in [9.17, 15) is 18.4 Å². The summed E-state index contributed by atoms with van der Waals surface area (Å²) in [7, 11) is 7.70. The summed E-state index contributed by atoms with van der Waals surface area (Å²) in [4.78, 5) is 12.6. The number of nitriles is 1. The van der Waals surface area contributed by atoms with Crippen molar-refractivity contribution in [1.82, 2.24) is 24.3 Å². The molecule has 0 aliphatic rings. The van der Waals surface area contributed by atoms with Crippen LogP contribution in [0, 0.1) is 11.3 Å². The Bertz CT molecular complexity index is 1150. The van der Waals surface area contributed by atoms with Crippen LogP contribution in [0.2, 0.25) is 0 Å². The molecule has 0 saturated heterocycles. The van der Waals surface area contributed by atoms with E-state index in [4.69, 9.17) is 4.74 Å². The van der Waals surface area contributed by atoms with Crippen molar-refractivity contribution in [3.8, 4) is 23.1 Å². The number of halogens is 3. The number of pyridine rings is 1. The zero-order valence-corrected chi connectivity index (χ0v) is 19.1. The van der Waals surface area contributed by atoms with Gasteiger partial charge < -0.3 is 19.1 Å². The number of alkyl halides is 3. The first-order chi connectivity index (χ1) is 15.6.